The third-order valence-electron chi connectivity index (χ3n) is 2.14. The zero-order valence-corrected chi connectivity index (χ0v) is 9.17. The average Bonchev–Trinajstić information content (AvgIpc) is 2.65. The quantitative estimate of drug-likeness (QED) is 0.621. The van der Waals surface area contributed by atoms with E-state index >= 15 is 0 Å². The predicted molar refractivity (Wildman–Crippen MR) is 63.3 cm³/mol. The molecular weight excluding hydrogens is 206 g/mol. The Bertz CT molecular complexity index is 485. The van der Waals surface area contributed by atoms with Crippen molar-refractivity contribution in [2.75, 3.05) is 5.73 Å². The molecule has 0 aliphatic carbocycles. The number of aryl methyl sites for hydroxylation is 1. The molecule has 0 amide bonds. The SMILES string of the molecule is Cc1ccc(C(=O)c2ccc(N)cc2)s1. The minimum absolute atomic E-state index is 0.0631. The van der Waals surface area contributed by atoms with E-state index in [9.17, 15) is 4.79 Å². The number of carbonyl (C=O) groups is 1. The Morgan fingerprint density at radius 1 is 1.13 bits per heavy atom. The Hall–Kier alpha value is -1.61. The van der Waals surface area contributed by atoms with Crippen LogP contribution in [-0.2, 0) is 0 Å². The molecule has 0 unspecified atom stereocenters. The van der Waals surface area contributed by atoms with Gasteiger partial charge in [0.25, 0.3) is 0 Å². The maximum absolute atomic E-state index is 11.9. The molecular formula is C12H11NOS. The van der Waals surface area contributed by atoms with Gasteiger partial charge in [-0.2, -0.15) is 0 Å². The molecule has 1 heterocycles. The molecule has 0 aliphatic heterocycles. The van der Waals surface area contributed by atoms with Crippen molar-refractivity contribution >= 4 is 22.8 Å². The highest BCUT2D eigenvalue weighted by molar-refractivity contribution is 7.14. The predicted octanol–water partition coefficient (Wildman–Crippen LogP) is 2.87. The van der Waals surface area contributed by atoms with Crippen LogP contribution < -0.4 is 5.73 Å². The highest BCUT2D eigenvalue weighted by atomic mass is 32.1. The normalized spacial score (nSPS) is 10.2. The lowest BCUT2D eigenvalue weighted by atomic mass is 10.1. The Balaban J connectivity index is 2.32. The molecule has 0 aliphatic rings. The first kappa shape index (κ1) is 9.93. The van der Waals surface area contributed by atoms with Gasteiger partial charge >= 0.3 is 0 Å². The van der Waals surface area contributed by atoms with Gasteiger partial charge in [-0.3, -0.25) is 4.79 Å². The molecule has 0 bridgehead atoms. The van der Waals surface area contributed by atoms with Crippen LogP contribution >= 0.6 is 11.3 Å². The van der Waals surface area contributed by atoms with Gasteiger partial charge in [-0.15, -0.1) is 11.3 Å². The van der Waals surface area contributed by atoms with Crippen LogP contribution in [0.2, 0.25) is 0 Å². The second kappa shape index (κ2) is 3.87. The van der Waals surface area contributed by atoms with Crippen molar-refractivity contribution in [3.05, 3.63) is 51.7 Å². The first-order valence-corrected chi connectivity index (χ1v) is 5.45. The highest BCUT2D eigenvalue weighted by Crippen LogP contribution is 2.19. The number of hydrogen-bond acceptors (Lipinski definition) is 3. The second-order valence-electron chi connectivity index (χ2n) is 3.36. The zero-order chi connectivity index (χ0) is 10.8. The molecule has 2 nitrogen and oxygen atoms in total. The van der Waals surface area contributed by atoms with Crippen molar-refractivity contribution < 1.29 is 4.79 Å². The summed E-state index contributed by atoms with van der Waals surface area (Å²) in [5, 5.41) is 0. The van der Waals surface area contributed by atoms with Crippen molar-refractivity contribution in [3.8, 4) is 0 Å². The molecule has 76 valence electrons. The van der Waals surface area contributed by atoms with Crippen LogP contribution in [0.5, 0.6) is 0 Å². The number of hydrogen-bond donors (Lipinski definition) is 1. The largest absolute Gasteiger partial charge is 0.399 e. The van der Waals surface area contributed by atoms with Crippen LogP contribution in [-0.4, -0.2) is 5.78 Å². The number of nitrogens with two attached hydrogens (primary N) is 1. The maximum Gasteiger partial charge on any atom is 0.202 e. The lowest BCUT2D eigenvalue weighted by molar-refractivity contribution is 0.104. The van der Waals surface area contributed by atoms with Crippen molar-refractivity contribution in [2.24, 2.45) is 0 Å². The van der Waals surface area contributed by atoms with Gasteiger partial charge in [-0.05, 0) is 43.3 Å². The number of benzene rings is 1. The summed E-state index contributed by atoms with van der Waals surface area (Å²) in [4.78, 5) is 13.9. The van der Waals surface area contributed by atoms with Crippen LogP contribution in [0.3, 0.4) is 0 Å². The molecule has 2 aromatic rings. The van der Waals surface area contributed by atoms with Gasteiger partial charge in [-0.25, -0.2) is 0 Å². The summed E-state index contributed by atoms with van der Waals surface area (Å²) in [5.41, 5.74) is 6.92. The van der Waals surface area contributed by atoms with Gasteiger partial charge in [0.05, 0.1) is 4.88 Å². The van der Waals surface area contributed by atoms with Crippen LogP contribution in [0.1, 0.15) is 20.1 Å². The molecule has 0 radical (unpaired) electrons. The van der Waals surface area contributed by atoms with Crippen LogP contribution in [0.15, 0.2) is 36.4 Å². The van der Waals surface area contributed by atoms with Gasteiger partial charge in [0.15, 0.2) is 0 Å². The molecule has 2 N–H and O–H groups in total. The van der Waals surface area contributed by atoms with E-state index in [0.717, 1.165) is 9.75 Å². The van der Waals surface area contributed by atoms with Gasteiger partial charge in [0.1, 0.15) is 0 Å². The Kier molecular flexibility index (Phi) is 2.56. The number of rotatable bonds is 2. The monoisotopic (exact) mass is 217 g/mol. The second-order valence-corrected chi connectivity index (χ2v) is 4.65. The van der Waals surface area contributed by atoms with Gasteiger partial charge in [0.2, 0.25) is 5.78 Å². The zero-order valence-electron chi connectivity index (χ0n) is 8.36. The fourth-order valence-electron chi connectivity index (χ4n) is 1.33. The van der Waals surface area contributed by atoms with E-state index in [-0.39, 0.29) is 5.78 Å². The number of anilines is 1. The average molecular weight is 217 g/mol. The third kappa shape index (κ3) is 2.07. The topological polar surface area (TPSA) is 43.1 Å². The smallest absolute Gasteiger partial charge is 0.202 e. The van der Waals surface area contributed by atoms with E-state index in [4.69, 9.17) is 5.73 Å². The Labute approximate surface area is 92.4 Å². The van der Waals surface area contributed by atoms with E-state index in [1.54, 1.807) is 24.3 Å². The summed E-state index contributed by atoms with van der Waals surface area (Å²) in [7, 11) is 0. The third-order valence-corrected chi connectivity index (χ3v) is 3.14. The summed E-state index contributed by atoms with van der Waals surface area (Å²) in [5.74, 6) is 0.0631. The summed E-state index contributed by atoms with van der Waals surface area (Å²) in [6.45, 7) is 1.99. The standard InChI is InChI=1S/C12H11NOS/c1-8-2-7-11(15-8)12(14)9-3-5-10(13)6-4-9/h2-7H,13H2,1H3. The lowest BCUT2D eigenvalue weighted by Crippen LogP contribution is -1.98. The molecule has 0 spiro atoms. The minimum Gasteiger partial charge on any atom is -0.399 e. The van der Waals surface area contributed by atoms with Crippen molar-refractivity contribution in [3.63, 3.8) is 0 Å². The molecule has 1 aromatic carbocycles. The first-order valence-electron chi connectivity index (χ1n) is 4.63. The van der Waals surface area contributed by atoms with E-state index in [1.165, 1.54) is 11.3 Å². The van der Waals surface area contributed by atoms with Gasteiger partial charge in [0, 0.05) is 16.1 Å². The number of nitrogen functional groups attached to an aromatic ring is 1. The van der Waals surface area contributed by atoms with Crippen molar-refractivity contribution in [1.29, 1.82) is 0 Å². The van der Waals surface area contributed by atoms with E-state index in [2.05, 4.69) is 0 Å². The van der Waals surface area contributed by atoms with Crippen LogP contribution in [0, 0.1) is 6.92 Å². The molecule has 0 saturated heterocycles. The molecule has 1 aromatic heterocycles. The number of thiophene rings is 1. The molecule has 3 heteroatoms. The summed E-state index contributed by atoms with van der Waals surface area (Å²) < 4.78 is 0. The fraction of sp³-hybridized carbons (Fsp3) is 0.0833. The summed E-state index contributed by atoms with van der Waals surface area (Å²) >= 11 is 1.51. The molecule has 0 fully saturated rings. The summed E-state index contributed by atoms with van der Waals surface area (Å²) in [6.07, 6.45) is 0. The molecule has 0 atom stereocenters. The maximum atomic E-state index is 11.9. The van der Waals surface area contributed by atoms with Gasteiger partial charge in [-0.1, -0.05) is 0 Å². The van der Waals surface area contributed by atoms with E-state index in [0.29, 0.717) is 11.3 Å². The van der Waals surface area contributed by atoms with Crippen LogP contribution in [0.25, 0.3) is 0 Å². The number of carbonyl (C=O) groups excluding carboxylic acids is 1. The van der Waals surface area contributed by atoms with Crippen molar-refractivity contribution in [1.82, 2.24) is 0 Å². The number of ketones is 1. The van der Waals surface area contributed by atoms with Gasteiger partial charge < -0.3 is 5.73 Å². The minimum atomic E-state index is 0.0631. The first-order chi connectivity index (χ1) is 7.16. The summed E-state index contributed by atoms with van der Waals surface area (Å²) in [6, 6.07) is 10.8. The Morgan fingerprint density at radius 3 is 2.33 bits per heavy atom. The highest BCUT2D eigenvalue weighted by Gasteiger charge is 2.10. The Morgan fingerprint density at radius 2 is 1.80 bits per heavy atom. The van der Waals surface area contributed by atoms with E-state index in [1.807, 2.05) is 19.1 Å². The molecule has 15 heavy (non-hydrogen) atoms. The molecule has 2 rings (SSSR count). The lowest BCUT2D eigenvalue weighted by Gasteiger charge is -1.98. The fourth-order valence-corrected chi connectivity index (χ4v) is 2.16. The van der Waals surface area contributed by atoms with Crippen LogP contribution in [0.4, 0.5) is 5.69 Å². The van der Waals surface area contributed by atoms with Crippen molar-refractivity contribution in [2.45, 2.75) is 6.92 Å². The molecule has 0 saturated carbocycles. The van der Waals surface area contributed by atoms with E-state index < -0.39 is 0 Å².